The molecule has 2 aliphatic rings. The summed E-state index contributed by atoms with van der Waals surface area (Å²) in [6.07, 6.45) is 6.36. The predicted octanol–water partition coefficient (Wildman–Crippen LogP) is 1.72. The number of aryl methyl sites for hydroxylation is 1. The molecule has 0 N–H and O–H groups in total. The molecule has 1 saturated heterocycles. The summed E-state index contributed by atoms with van der Waals surface area (Å²) in [5, 5.41) is 4.00. The number of piperidine rings is 1. The lowest BCUT2D eigenvalue weighted by Crippen LogP contribution is -2.39. The third-order valence-electron chi connectivity index (χ3n) is 4.47. The highest BCUT2D eigenvalue weighted by molar-refractivity contribution is 5.81. The van der Waals surface area contributed by atoms with Gasteiger partial charge >= 0.3 is 6.01 Å². The first-order valence-corrected chi connectivity index (χ1v) is 7.92. The molecule has 0 spiro atoms. The van der Waals surface area contributed by atoms with E-state index in [1.807, 2.05) is 19.0 Å². The van der Waals surface area contributed by atoms with Crippen LogP contribution in [0, 0.1) is 11.8 Å². The van der Waals surface area contributed by atoms with Crippen LogP contribution >= 0.6 is 0 Å². The van der Waals surface area contributed by atoms with Gasteiger partial charge in [0.25, 0.3) is 0 Å². The Bertz CT molecular complexity index is 488. The SMILES string of the molecule is CN(C)c1nc(CCC2CCN(C(=O)C3CC3)CC2)no1. The van der Waals surface area contributed by atoms with Crippen molar-refractivity contribution in [3.63, 3.8) is 0 Å². The molecule has 6 heteroatoms. The van der Waals surface area contributed by atoms with Crippen LogP contribution < -0.4 is 4.90 Å². The Morgan fingerprint density at radius 3 is 2.57 bits per heavy atom. The van der Waals surface area contributed by atoms with E-state index in [1.165, 1.54) is 0 Å². The molecule has 0 unspecified atom stereocenters. The predicted molar refractivity (Wildman–Crippen MR) is 79.0 cm³/mol. The third-order valence-corrected chi connectivity index (χ3v) is 4.47. The first-order valence-electron chi connectivity index (χ1n) is 7.92. The quantitative estimate of drug-likeness (QED) is 0.827. The Labute approximate surface area is 125 Å². The van der Waals surface area contributed by atoms with Crippen molar-refractivity contribution in [2.45, 2.75) is 38.5 Å². The first kappa shape index (κ1) is 14.4. The fourth-order valence-corrected chi connectivity index (χ4v) is 2.89. The van der Waals surface area contributed by atoms with Crippen molar-refractivity contribution in [1.29, 1.82) is 0 Å². The van der Waals surface area contributed by atoms with Crippen molar-refractivity contribution >= 4 is 11.9 Å². The molecular weight excluding hydrogens is 268 g/mol. The molecule has 0 atom stereocenters. The van der Waals surface area contributed by atoms with Gasteiger partial charge in [-0.2, -0.15) is 4.98 Å². The van der Waals surface area contributed by atoms with Crippen LogP contribution in [0.5, 0.6) is 0 Å². The van der Waals surface area contributed by atoms with Gasteiger partial charge < -0.3 is 14.3 Å². The van der Waals surface area contributed by atoms with Crippen molar-refractivity contribution in [3.8, 4) is 0 Å². The second kappa shape index (κ2) is 6.03. The van der Waals surface area contributed by atoms with Crippen LogP contribution in [0.1, 0.15) is 37.9 Å². The third kappa shape index (κ3) is 3.54. The number of nitrogens with zero attached hydrogens (tertiary/aromatic N) is 4. The van der Waals surface area contributed by atoms with Gasteiger partial charge in [-0.25, -0.2) is 0 Å². The molecular formula is C15H24N4O2. The van der Waals surface area contributed by atoms with Gasteiger partial charge in [0, 0.05) is 39.5 Å². The molecule has 1 aromatic rings. The summed E-state index contributed by atoms with van der Waals surface area (Å²) in [5.74, 6) is 2.21. The van der Waals surface area contributed by atoms with Crippen molar-refractivity contribution in [2.24, 2.45) is 11.8 Å². The van der Waals surface area contributed by atoms with Crippen LogP contribution in [0.25, 0.3) is 0 Å². The minimum Gasteiger partial charge on any atom is -0.342 e. The van der Waals surface area contributed by atoms with Crippen LogP contribution in [0.3, 0.4) is 0 Å². The van der Waals surface area contributed by atoms with Gasteiger partial charge in [-0.15, -0.1) is 0 Å². The van der Waals surface area contributed by atoms with Crippen molar-refractivity contribution in [3.05, 3.63) is 5.82 Å². The zero-order chi connectivity index (χ0) is 14.8. The minimum absolute atomic E-state index is 0.352. The minimum atomic E-state index is 0.352. The number of carbonyl (C=O) groups excluding carboxylic acids is 1. The van der Waals surface area contributed by atoms with Crippen LogP contribution in [-0.4, -0.2) is 48.1 Å². The average Bonchev–Trinajstić information content (AvgIpc) is 3.23. The molecule has 21 heavy (non-hydrogen) atoms. The molecule has 1 aliphatic heterocycles. The molecule has 0 radical (unpaired) electrons. The maximum Gasteiger partial charge on any atom is 0.323 e. The zero-order valence-electron chi connectivity index (χ0n) is 12.9. The Morgan fingerprint density at radius 1 is 1.29 bits per heavy atom. The van der Waals surface area contributed by atoms with Gasteiger partial charge in [-0.3, -0.25) is 4.79 Å². The highest BCUT2D eigenvalue weighted by Crippen LogP contribution is 2.33. The van der Waals surface area contributed by atoms with E-state index in [-0.39, 0.29) is 0 Å². The Kier molecular flexibility index (Phi) is 4.12. The van der Waals surface area contributed by atoms with Crippen molar-refractivity contribution in [1.82, 2.24) is 15.0 Å². The molecule has 1 amide bonds. The number of rotatable bonds is 5. The molecule has 2 heterocycles. The maximum absolute atomic E-state index is 12.0. The standard InChI is InChI=1S/C15H24N4O2/c1-18(2)15-16-13(17-21-15)6-3-11-7-9-19(10-8-11)14(20)12-4-5-12/h11-12H,3-10H2,1-2H3. The number of aromatic nitrogens is 2. The lowest BCUT2D eigenvalue weighted by molar-refractivity contribution is -0.133. The number of hydrogen-bond acceptors (Lipinski definition) is 5. The number of anilines is 1. The summed E-state index contributed by atoms with van der Waals surface area (Å²) in [6, 6.07) is 0.565. The van der Waals surface area contributed by atoms with E-state index in [0.717, 1.165) is 57.4 Å². The van der Waals surface area contributed by atoms with E-state index in [2.05, 4.69) is 15.0 Å². The number of carbonyl (C=O) groups is 1. The van der Waals surface area contributed by atoms with E-state index in [9.17, 15) is 4.79 Å². The van der Waals surface area contributed by atoms with Crippen molar-refractivity contribution in [2.75, 3.05) is 32.1 Å². The molecule has 1 aliphatic carbocycles. The fraction of sp³-hybridized carbons (Fsp3) is 0.800. The zero-order valence-corrected chi connectivity index (χ0v) is 12.9. The van der Waals surface area contributed by atoms with E-state index >= 15 is 0 Å². The van der Waals surface area contributed by atoms with Gasteiger partial charge in [0.05, 0.1) is 0 Å². The monoisotopic (exact) mass is 292 g/mol. The molecule has 2 fully saturated rings. The highest BCUT2D eigenvalue weighted by Gasteiger charge is 2.34. The second-order valence-corrected chi connectivity index (χ2v) is 6.47. The van der Waals surface area contributed by atoms with Gasteiger partial charge in [0.15, 0.2) is 5.82 Å². The molecule has 3 rings (SSSR count). The summed E-state index contributed by atoms with van der Waals surface area (Å²) >= 11 is 0. The first-order chi connectivity index (χ1) is 10.1. The van der Waals surface area contributed by atoms with Gasteiger partial charge in [0.2, 0.25) is 5.91 Å². The second-order valence-electron chi connectivity index (χ2n) is 6.47. The highest BCUT2D eigenvalue weighted by atomic mass is 16.5. The molecule has 116 valence electrons. The van der Waals surface area contributed by atoms with E-state index in [4.69, 9.17) is 4.52 Å². The summed E-state index contributed by atoms with van der Waals surface area (Å²) < 4.78 is 5.16. The topological polar surface area (TPSA) is 62.5 Å². The van der Waals surface area contributed by atoms with Crippen LogP contribution in [0.2, 0.25) is 0 Å². The summed E-state index contributed by atoms with van der Waals surface area (Å²) in [6.45, 7) is 1.85. The van der Waals surface area contributed by atoms with Gasteiger partial charge in [-0.05, 0) is 38.0 Å². The normalized spacial score (nSPS) is 19.8. The van der Waals surface area contributed by atoms with Gasteiger partial charge in [-0.1, -0.05) is 5.16 Å². The summed E-state index contributed by atoms with van der Waals surface area (Å²) in [5.41, 5.74) is 0. The molecule has 6 nitrogen and oxygen atoms in total. The Morgan fingerprint density at radius 2 is 2.00 bits per heavy atom. The molecule has 1 aromatic heterocycles. The molecule has 1 saturated carbocycles. The van der Waals surface area contributed by atoms with E-state index < -0.39 is 0 Å². The van der Waals surface area contributed by atoms with Crippen molar-refractivity contribution < 1.29 is 9.32 Å². The summed E-state index contributed by atoms with van der Waals surface area (Å²) in [4.78, 5) is 20.2. The summed E-state index contributed by atoms with van der Waals surface area (Å²) in [7, 11) is 3.79. The smallest absolute Gasteiger partial charge is 0.323 e. The number of likely N-dealkylation sites (tertiary alicyclic amines) is 1. The molecule has 0 aromatic carbocycles. The van der Waals surface area contributed by atoms with Crippen LogP contribution in [0.4, 0.5) is 6.01 Å². The lowest BCUT2D eigenvalue weighted by Gasteiger charge is -2.32. The fourth-order valence-electron chi connectivity index (χ4n) is 2.89. The Balaban J connectivity index is 1.41. The maximum atomic E-state index is 12.0. The lowest BCUT2D eigenvalue weighted by atomic mass is 9.92. The van der Waals surface area contributed by atoms with E-state index in [1.54, 1.807) is 0 Å². The number of hydrogen-bond donors (Lipinski definition) is 0. The van der Waals surface area contributed by atoms with Gasteiger partial charge in [0.1, 0.15) is 0 Å². The number of amides is 1. The average molecular weight is 292 g/mol. The molecule has 0 bridgehead atoms. The largest absolute Gasteiger partial charge is 0.342 e. The van der Waals surface area contributed by atoms with E-state index in [0.29, 0.717) is 23.8 Å². The van der Waals surface area contributed by atoms with Crippen LogP contribution in [-0.2, 0) is 11.2 Å². The Hall–Kier alpha value is -1.59. The van der Waals surface area contributed by atoms with Crippen LogP contribution in [0.15, 0.2) is 4.52 Å².